The van der Waals surface area contributed by atoms with E-state index in [4.69, 9.17) is 0 Å². The Labute approximate surface area is 152 Å². The van der Waals surface area contributed by atoms with Crippen molar-refractivity contribution >= 4 is 33.2 Å². The van der Waals surface area contributed by atoms with Gasteiger partial charge in [-0.25, -0.2) is 4.98 Å². The van der Waals surface area contributed by atoms with Crippen molar-refractivity contribution in [2.45, 2.75) is 19.9 Å². The third-order valence-corrected chi connectivity index (χ3v) is 5.38. The Morgan fingerprint density at radius 3 is 2.75 bits per heavy atom. The molecule has 0 saturated carbocycles. The number of rotatable bonds is 5. The number of aromatic nitrogens is 3. The number of carbonyl (C=O) groups excluding carboxylic acids is 1. The molecular formula is C17H17BrN4OS. The SMILES string of the molecule is CCc1nn(C)c(C(=O)NCc2csc(-c3ccccc3)n2)c1Br. The van der Waals surface area contributed by atoms with Gasteiger partial charge < -0.3 is 5.32 Å². The smallest absolute Gasteiger partial charge is 0.271 e. The summed E-state index contributed by atoms with van der Waals surface area (Å²) in [5, 5.41) is 10.2. The van der Waals surface area contributed by atoms with E-state index in [0.717, 1.165) is 32.9 Å². The molecule has 0 saturated heterocycles. The maximum atomic E-state index is 12.4. The number of carbonyl (C=O) groups is 1. The highest BCUT2D eigenvalue weighted by molar-refractivity contribution is 9.10. The van der Waals surface area contributed by atoms with Crippen LogP contribution >= 0.6 is 27.3 Å². The summed E-state index contributed by atoms with van der Waals surface area (Å²) in [4.78, 5) is 17.0. The van der Waals surface area contributed by atoms with Gasteiger partial charge in [0.25, 0.3) is 5.91 Å². The second kappa shape index (κ2) is 7.27. The van der Waals surface area contributed by atoms with Crippen LogP contribution in [0, 0.1) is 0 Å². The molecule has 2 heterocycles. The number of benzene rings is 1. The van der Waals surface area contributed by atoms with Crippen LogP contribution in [0.15, 0.2) is 40.2 Å². The standard InChI is InChI=1S/C17H17BrN4OS/c1-3-13-14(18)15(22(2)21-13)16(23)19-9-12-10-24-17(20-12)11-7-5-4-6-8-11/h4-8,10H,3,9H2,1-2H3,(H,19,23). The Morgan fingerprint density at radius 1 is 1.33 bits per heavy atom. The lowest BCUT2D eigenvalue weighted by Crippen LogP contribution is -2.25. The van der Waals surface area contributed by atoms with Gasteiger partial charge in [-0.3, -0.25) is 9.48 Å². The van der Waals surface area contributed by atoms with Gasteiger partial charge in [-0.2, -0.15) is 5.10 Å². The lowest BCUT2D eigenvalue weighted by Gasteiger charge is -2.04. The normalized spacial score (nSPS) is 10.8. The molecule has 2 aromatic heterocycles. The zero-order valence-electron chi connectivity index (χ0n) is 13.4. The van der Waals surface area contributed by atoms with Crippen LogP contribution in [-0.2, 0) is 20.0 Å². The number of hydrogen-bond acceptors (Lipinski definition) is 4. The zero-order valence-corrected chi connectivity index (χ0v) is 15.8. The van der Waals surface area contributed by atoms with Crippen molar-refractivity contribution < 1.29 is 4.79 Å². The first-order valence-electron chi connectivity index (χ1n) is 7.59. The first kappa shape index (κ1) is 16.9. The Balaban J connectivity index is 1.69. The van der Waals surface area contributed by atoms with E-state index >= 15 is 0 Å². The third kappa shape index (κ3) is 3.42. The van der Waals surface area contributed by atoms with Crippen molar-refractivity contribution in [1.82, 2.24) is 20.1 Å². The van der Waals surface area contributed by atoms with Crippen LogP contribution in [0.1, 0.15) is 28.8 Å². The van der Waals surface area contributed by atoms with Crippen LogP contribution in [0.5, 0.6) is 0 Å². The van der Waals surface area contributed by atoms with Crippen molar-refractivity contribution in [2.24, 2.45) is 7.05 Å². The van der Waals surface area contributed by atoms with Gasteiger partial charge in [-0.1, -0.05) is 37.3 Å². The molecular weight excluding hydrogens is 388 g/mol. The molecule has 0 aliphatic heterocycles. The summed E-state index contributed by atoms with van der Waals surface area (Å²) >= 11 is 5.04. The van der Waals surface area contributed by atoms with Gasteiger partial charge in [0.1, 0.15) is 10.7 Å². The molecule has 124 valence electrons. The lowest BCUT2D eigenvalue weighted by atomic mass is 10.2. The summed E-state index contributed by atoms with van der Waals surface area (Å²) in [7, 11) is 1.77. The van der Waals surface area contributed by atoms with Crippen molar-refractivity contribution in [3.8, 4) is 10.6 Å². The number of nitrogens with zero attached hydrogens (tertiary/aromatic N) is 3. The van der Waals surface area contributed by atoms with Crippen LogP contribution in [0.4, 0.5) is 0 Å². The molecule has 1 N–H and O–H groups in total. The first-order valence-corrected chi connectivity index (χ1v) is 9.26. The Hall–Kier alpha value is -1.99. The summed E-state index contributed by atoms with van der Waals surface area (Å²) in [6.45, 7) is 2.40. The number of nitrogens with one attached hydrogen (secondary N) is 1. The Bertz CT molecular complexity index is 857. The molecule has 0 unspecified atom stereocenters. The summed E-state index contributed by atoms with van der Waals surface area (Å²) in [5.41, 5.74) is 3.34. The van der Waals surface area contributed by atoms with Gasteiger partial charge >= 0.3 is 0 Å². The highest BCUT2D eigenvalue weighted by Gasteiger charge is 2.19. The topological polar surface area (TPSA) is 59.8 Å². The van der Waals surface area contributed by atoms with E-state index in [2.05, 4.69) is 31.3 Å². The van der Waals surface area contributed by atoms with Gasteiger partial charge in [0, 0.05) is 18.0 Å². The molecule has 0 aliphatic rings. The Kier molecular flexibility index (Phi) is 5.11. The molecule has 0 spiro atoms. The minimum absolute atomic E-state index is 0.161. The third-order valence-electron chi connectivity index (χ3n) is 3.61. The largest absolute Gasteiger partial charge is 0.345 e. The second-order valence-corrected chi connectivity index (χ2v) is 6.93. The number of amides is 1. The second-order valence-electron chi connectivity index (χ2n) is 5.28. The molecule has 1 aromatic carbocycles. The molecule has 3 aromatic rings. The number of hydrogen-bond donors (Lipinski definition) is 1. The van der Waals surface area contributed by atoms with Crippen LogP contribution in [0.3, 0.4) is 0 Å². The molecule has 5 nitrogen and oxygen atoms in total. The van der Waals surface area contributed by atoms with E-state index in [9.17, 15) is 4.79 Å². The summed E-state index contributed by atoms with van der Waals surface area (Å²) in [5.74, 6) is -0.161. The average molecular weight is 405 g/mol. The van der Waals surface area contributed by atoms with E-state index in [1.807, 2.05) is 42.6 Å². The molecule has 1 amide bonds. The first-order chi connectivity index (χ1) is 11.6. The molecule has 0 bridgehead atoms. The van der Waals surface area contributed by atoms with E-state index in [0.29, 0.717) is 12.2 Å². The maximum absolute atomic E-state index is 12.4. The fourth-order valence-electron chi connectivity index (χ4n) is 2.38. The van der Waals surface area contributed by atoms with Gasteiger partial charge in [0.05, 0.1) is 22.4 Å². The maximum Gasteiger partial charge on any atom is 0.271 e. The predicted molar refractivity (Wildman–Crippen MR) is 99.0 cm³/mol. The van der Waals surface area contributed by atoms with Gasteiger partial charge in [-0.05, 0) is 22.4 Å². The van der Waals surface area contributed by atoms with E-state index in [1.54, 1.807) is 23.1 Å². The summed E-state index contributed by atoms with van der Waals surface area (Å²) in [6, 6.07) is 10.0. The number of aryl methyl sites for hydroxylation is 2. The van der Waals surface area contributed by atoms with Crippen molar-refractivity contribution in [3.05, 3.63) is 57.3 Å². The van der Waals surface area contributed by atoms with Crippen molar-refractivity contribution in [3.63, 3.8) is 0 Å². The quantitative estimate of drug-likeness (QED) is 0.703. The van der Waals surface area contributed by atoms with Crippen LogP contribution in [-0.4, -0.2) is 20.7 Å². The number of halogens is 1. The summed E-state index contributed by atoms with van der Waals surface area (Å²) < 4.78 is 2.36. The molecule has 24 heavy (non-hydrogen) atoms. The van der Waals surface area contributed by atoms with Gasteiger partial charge in [-0.15, -0.1) is 11.3 Å². The molecule has 0 aliphatic carbocycles. The van der Waals surface area contributed by atoms with Crippen molar-refractivity contribution in [1.29, 1.82) is 0 Å². The van der Waals surface area contributed by atoms with Gasteiger partial charge in [0.2, 0.25) is 0 Å². The minimum Gasteiger partial charge on any atom is -0.345 e. The molecule has 3 rings (SSSR count). The van der Waals surface area contributed by atoms with Crippen molar-refractivity contribution in [2.75, 3.05) is 0 Å². The monoisotopic (exact) mass is 404 g/mol. The highest BCUT2D eigenvalue weighted by Crippen LogP contribution is 2.24. The van der Waals surface area contributed by atoms with Crippen LogP contribution in [0.25, 0.3) is 10.6 Å². The predicted octanol–water partition coefficient (Wildman–Crippen LogP) is 3.80. The highest BCUT2D eigenvalue weighted by atomic mass is 79.9. The van der Waals surface area contributed by atoms with Gasteiger partial charge in [0.15, 0.2) is 0 Å². The molecule has 7 heteroatoms. The lowest BCUT2D eigenvalue weighted by molar-refractivity contribution is 0.0940. The Morgan fingerprint density at radius 2 is 2.08 bits per heavy atom. The fraction of sp³-hybridized carbons (Fsp3) is 0.235. The van der Waals surface area contributed by atoms with Crippen LogP contribution < -0.4 is 5.32 Å². The number of thiazole rings is 1. The van der Waals surface area contributed by atoms with Crippen LogP contribution in [0.2, 0.25) is 0 Å². The molecule has 0 atom stereocenters. The van der Waals surface area contributed by atoms with E-state index < -0.39 is 0 Å². The van der Waals surface area contributed by atoms with E-state index in [1.165, 1.54) is 0 Å². The molecule has 0 fully saturated rings. The minimum atomic E-state index is -0.161. The fourth-order valence-corrected chi connectivity index (χ4v) is 4.00. The average Bonchev–Trinajstić information content (AvgIpc) is 3.18. The van der Waals surface area contributed by atoms with E-state index in [-0.39, 0.29) is 5.91 Å². The summed E-state index contributed by atoms with van der Waals surface area (Å²) in [6.07, 6.45) is 0.772. The molecule has 0 radical (unpaired) electrons. The zero-order chi connectivity index (χ0) is 17.1.